The van der Waals surface area contributed by atoms with Crippen molar-refractivity contribution in [1.82, 2.24) is 10.2 Å². The van der Waals surface area contributed by atoms with E-state index in [1.54, 1.807) is 23.9 Å². The highest BCUT2D eigenvalue weighted by Gasteiger charge is 2.37. The molecule has 22 heavy (non-hydrogen) atoms. The molecular formula is C14H16FN3O2S2. The molecule has 0 bridgehead atoms. The van der Waals surface area contributed by atoms with E-state index in [1.807, 2.05) is 0 Å². The largest absolute Gasteiger partial charge is 0.374 e. The van der Waals surface area contributed by atoms with Gasteiger partial charge < -0.3 is 15.2 Å². The lowest BCUT2D eigenvalue weighted by atomic mass is 10.0. The van der Waals surface area contributed by atoms with E-state index in [1.165, 1.54) is 23.5 Å². The molecule has 0 spiro atoms. The van der Waals surface area contributed by atoms with E-state index < -0.39 is 5.79 Å². The SMILES string of the molecule is Nc1nnc(SCCCC2(c3ccc(F)cc3)OCCO2)s1. The highest BCUT2D eigenvalue weighted by atomic mass is 32.2. The van der Waals surface area contributed by atoms with Crippen LogP contribution in [0.25, 0.3) is 0 Å². The van der Waals surface area contributed by atoms with Gasteiger partial charge in [0, 0.05) is 17.7 Å². The molecule has 3 rings (SSSR count). The fourth-order valence-electron chi connectivity index (χ4n) is 2.36. The first-order valence-corrected chi connectivity index (χ1v) is 8.74. The molecule has 1 aliphatic heterocycles. The molecule has 0 aliphatic carbocycles. The van der Waals surface area contributed by atoms with Gasteiger partial charge in [0.25, 0.3) is 0 Å². The first-order valence-electron chi connectivity index (χ1n) is 6.94. The number of rotatable bonds is 6. The van der Waals surface area contributed by atoms with Gasteiger partial charge in [-0.3, -0.25) is 0 Å². The Bertz CT molecular complexity index is 615. The Morgan fingerprint density at radius 3 is 2.59 bits per heavy atom. The summed E-state index contributed by atoms with van der Waals surface area (Å²) >= 11 is 3.00. The number of anilines is 1. The highest BCUT2D eigenvalue weighted by Crippen LogP contribution is 2.37. The Morgan fingerprint density at radius 2 is 1.95 bits per heavy atom. The lowest BCUT2D eigenvalue weighted by Crippen LogP contribution is -2.27. The van der Waals surface area contributed by atoms with Gasteiger partial charge in [0.2, 0.25) is 5.13 Å². The number of nitrogens with two attached hydrogens (primary N) is 1. The minimum atomic E-state index is -0.756. The van der Waals surface area contributed by atoms with E-state index in [2.05, 4.69) is 10.2 Å². The number of hydrogen-bond acceptors (Lipinski definition) is 7. The molecule has 2 aromatic rings. The van der Waals surface area contributed by atoms with Gasteiger partial charge in [0.15, 0.2) is 10.1 Å². The number of nitrogens with zero attached hydrogens (tertiary/aromatic N) is 2. The molecule has 1 aliphatic rings. The quantitative estimate of drug-likeness (QED) is 0.643. The van der Waals surface area contributed by atoms with E-state index in [9.17, 15) is 4.39 Å². The zero-order valence-electron chi connectivity index (χ0n) is 11.8. The predicted octanol–water partition coefficient (Wildman–Crippen LogP) is 3.03. The van der Waals surface area contributed by atoms with E-state index >= 15 is 0 Å². The molecule has 118 valence electrons. The van der Waals surface area contributed by atoms with E-state index in [0.29, 0.717) is 24.8 Å². The summed E-state index contributed by atoms with van der Waals surface area (Å²) in [6.45, 7) is 1.11. The Labute approximate surface area is 136 Å². The topological polar surface area (TPSA) is 70.3 Å². The number of aromatic nitrogens is 2. The summed E-state index contributed by atoms with van der Waals surface area (Å²) < 4.78 is 25.6. The molecule has 1 fully saturated rings. The number of thioether (sulfide) groups is 1. The monoisotopic (exact) mass is 341 g/mol. The van der Waals surface area contributed by atoms with Gasteiger partial charge >= 0.3 is 0 Å². The normalized spacial score (nSPS) is 17.0. The number of benzene rings is 1. The second-order valence-electron chi connectivity index (χ2n) is 4.81. The molecular weight excluding hydrogens is 325 g/mol. The van der Waals surface area contributed by atoms with Crippen LogP contribution in [0.3, 0.4) is 0 Å². The Morgan fingerprint density at radius 1 is 1.23 bits per heavy atom. The third-order valence-corrected chi connectivity index (χ3v) is 5.31. The van der Waals surface area contributed by atoms with Gasteiger partial charge in [-0.05, 0) is 18.6 Å². The molecule has 0 radical (unpaired) electrons. The maximum Gasteiger partial charge on any atom is 0.203 e. The summed E-state index contributed by atoms with van der Waals surface area (Å²) in [7, 11) is 0. The minimum Gasteiger partial charge on any atom is -0.374 e. The van der Waals surface area contributed by atoms with E-state index in [4.69, 9.17) is 15.2 Å². The van der Waals surface area contributed by atoms with Crippen molar-refractivity contribution in [1.29, 1.82) is 0 Å². The molecule has 2 heterocycles. The van der Waals surface area contributed by atoms with Crippen LogP contribution in [0.2, 0.25) is 0 Å². The third kappa shape index (κ3) is 3.57. The summed E-state index contributed by atoms with van der Waals surface area (Å²) in [4.78, 5) is 0. The van der Waals surface area contributed by atoms with Crippen LogP contribution in [0.5, 0.6) is 0 Å². The second kappa shape index (κ2) is 6.91. The molecule has 0 saturated carbocycles. The van der Waals surface area contributed by atoms with Crippen LogP contribution in [0.15, 0.2) is 28.6 Å². The van der Waals surface area contributed by atoms with Gasteiger partial charge in [-0.1, -0.05) is 35.2 Å². The van der Waals surface area contributed by atoms with Crippen molar-refractivity contribution >= 4 is 28.2 Å². The predicted molar refractivity (Wildman–Crippen MR) is 84.3 cm³/mol. The zero-order chi connectivity index (χ0) is 15.4. The second-order valence-corrected chi connectivity index (χ2v) is 7.17. The zero-order valence-corrected chi connectivity index (χ0v) is 13.5. The molecule has 5 nitrogen and oxygen atoms in total. The van der Waals surface area contributed by atoms with Crippen LogP contribution < -0.4 is 5.73 Å². The van der Waals surface area contributed by atoms with Gasteiger partial charge in [-0.25, -0.2) is 4.39 Å². The van der Waals surface area contributed by atoms with Gasteiger partial charge in [0.05, 0.1) is 13.2 Å². The Balaban J connectivity index is 1.58. The summed E-state index contributed by atoms with van der Waals surface area (Å²) in [5.41, 5.74) is 6.41. The smallest absolute Gasteiger partial charge is 0.203 e. The summed E-state index contributed by atoms with van der Waals surface area (Å²) in [5, 5.41) is 8.23. The number of halogens is 1. The van der Waals surface area contributed by atoms with Crippen molar-refractivity contribution < 1.29 is 13.9 Å². The first kappa shape index (κ1) is 15.7. The molecule has 1 saturated heterocycles. The van der Waals surface area contributed by atoms with Crippen LogP contribution in [0, 0.1) is 5.82 Å². The van der Waals surface area contributed by atoms with Crippen LogP contribution in [-0.2, 0) is 15.3 Å². The summed E-state index contributed by atoms with van der Waals surface area (Å²) in [5.74, 6) is -0.153. The van der Waals surface area contributed by atoms with Crippen LogP contribution in [0.4, 0.5) is 9.52 Å². The Hall–Kier alpha value is -1.22. The Kier molecular flexibility index (Phi) is 4.92. The van der Waals surface area contributed by atoms with Crippen molar-refractivity contribution in [3.63, 3.8) is 0 Å². The van der Waals surface area contributed by atoms with Crippen LogP contribution >= 0.6 is 23.1 Å². The average Bonchev–Trinajstić information content (AvgIpc) is 3.14. The van der Waals surface area contributed by atoms with E-state index in [-0.39, 0.29) is 5.82 Å². The molecule has 1 aromatic heterocycles. The molecule has 0 amide bonds. The van der Waals surface area contributed by atoms with Crippen LogP contribution in [-0.4, -0.2) is 29.2 Å². The van der Waals surface area contributed by atoms with Crippen molar-refractivity contribution in [2.75, 3.05) is 24.7 Å². The first-order chi connectivity index (χ1) is 10.7. The fraction of sp³-hybridized carbons (Fsp3) is 0.429. The number of hydrogen-bond donors (Lipinski definition) is 1. The molecule has 2 N–H and O–H groups in total. The average molecular weight is 341 g/mol. The van der Waals surface area contributed by atoms with Crippen molar-refractivity contribution in [3.8, 4) is 0 Å². The third-order valence-electron chi connectivity index (χ3n) is 3.34. The summed E-state index contributed by atoms with van der Waals surface area (Å²) in [6, 6.07) is 6.31. The van der Waals surface area contributed by atoms with Crippen molar-refractivity contribution in [2.45, 2.75) is 23.0 Å². The standard InChI is InChI=1S/C14H16FN3O2S2/c15-11-4-2-10(3-5-11)14(19-7-8-20-14)6-1-9-21-13-18-17-12(16)22-13/h2-5H,1,6-9H2,(H2,16,17). The van der Waals surface area contributed by atoms with E-state index in [0.717, 1.165) is 22.1 Å². The number of ether oxygens (including phenoxy) is 2. The van der Waals surface area contributed by atoms with Gasteiger partial charge in [-0.15, -0.1) is 10.2 Å². The maximum atomic E-state index is 13.1. The van der Waals surface area contributed by atoms with Gasteiger partial charge in [0.1, 0.15) is 5.82 Å². The van der Waals surface area contributed by atoms with Gasteiger partial charge in [-0.2, -0.15) is 0 Å². The fourth-order valence-corrected chi connectivity index (χ4v) is 4.00. The molecule has 8 heteroatoms. The molecule has 0 atom stereocenters. The number of nitrogen functional groups attached to an aromatic ring is 1. The highest BCUT2D eigenvalue weighted by molar-refractivity contribution is 8.01. The molecule has 0 unspecified atom stereocenters. The van der Waals surface area contributed by atoms with Crippen molar-refractivity contribution in [3.05, 3.63) is 35.6 Å². The lowest BCUT2D eigenvalue weighted by molar-refractivity contribution is -0.170. The van der Waals surface area contributed by atoms with Crippen molar-refractivity contribution in [2.24, 2.45) is 0 Å². The lowest BCUT2D eigenvalue weighted by Gasteiger charge is -2.27. The minimum absolute atomic E-state index is 0.263. The summed E-state index contributed by atoms with van der Waals surface area (Å²) in [6.07, 6.45) is 1.58. The maximum absolute atomic E-state index is 13.1. The van der Waals surface area contributed by atoms with Crippen LogP contribution in [0.1, 0.15) is 18.4 Å². The molecule has 1 aromatic carbocycles.